The molecule has 0 saturated carbocycles. The van der Waals surface area contributed by atoms with Crippen molar-refractivity contribution in [3.05, 3.63) is 42.7 Å². The molecule has 0 atom stereocenters. The summed E-state index contributed by atoms with van der Waals surface area (Å²) in [6.07, 6.45) is 2.51. The fourth-order valence-corrected chi connectivity index (χ4v) is 4.53. The van der Waals surface area contributed by atoms with Gasteiger partial charge in [-0.1, -0.05) is 13.3 Å². The highest BCUT2D eigenvalue weighted by atomic mass is 32.1. The number of nitrogens with zero attached hydrogens (tertiary/aromatic N) is 3. The Balaban J connectivity index is 1.87. The van der Waals surface area contributed by atoms with E-state index < -0.39 is 11.2 Å². The first-order valence-corrected chi connectivity index (χ1v) is 11.0. The third-order valence-electron chi connectivity index (χ3n) is 5.28. The molecule has 0 fully saturated rings. The monoisotopic (exact) mass is 435 g/mol. The number of unbranched alkanes of at least 4 members (excludes halogenated alkanes) is 1. The molecule has 3 heterocycles. The number of aromatic amines is 1. The molecule has 30 heavy (non-hydrogen) atoms. The van der Waals surface area contributed by atoms with Crippen LogP contribution in [0.15, 0.2) is 21.0 Å². The van der Waals surface area contributed by atoms with Crippen molar-refractivity contribution >= 4 is 28.7 Å². The van der Waals surface area contributed by atoms with Gasteiger partial charge in [0.2, 0.25) is 5.91 Å². The molecule has 0 aliphatic carbocycles. The van der Waals surface area contributed by atoms with Gasteiger partial charge in [0.15, 0.2) is 5.69 Å². The van der Waals surface area contributed by atoms with Crippen LogP contribution in [0.5, 0.6) is 0 Å². The summed E-state index contributed by atoms with van der Waals surface area (Å²) < 4.78 is 6.47. The normalized spacial score (nSPS) is 13.9. The zero-order chi connectivity index (χ0) is 21.7. The van der Waals surface area contributed by atoms with E-state index >= 15 is 0 Å². The molecule has 1 aliphatic heterocycles. The van der Waals surface area contributed by atoms with Gasteiger partial charge in [-0.05, 0) is 29.9 Å². The molecule has 0 bridgehead atoms. The van der Waals surface area contributed by atoms with Crippen molar-refractivity contribution in [3.63, 3.8) is 0 Å². The molecule has 0 spiro atoms. The maximum atomic E-state index is 13.2. The number of ether oxygens (including phenoxy) is 1. The fraction of sp³-hybridized carbons (Fsp3) is 0.550. The van der Waals surface area contributed by atoms with E-state index in [1.54, 1.807) is 11.3 Å². The topological polar surface area (TPSA) is 114 Å². The minimum absolute atomic E-state index is 0.0143. The molecular weight excluding hydrogens is 406 g/mol. The summed E-state index contributed by atoms with van der Waals surface area (Å²) in [5.74, 6) is -0.232. The lowest BCUT2D eigenvalue weighted by atomic mass is 10.1. The number of anilines is 2. The lowest BCUT2D eigenvalue weighted by molar-refractivity contribution is -0.120. The lowest BCUT2D eigenvalue weighted by Crippen LogP contribution is -2.47. The van der Waals surface area contributed by atoms with Gasteiger partial charge < -0.3 is 15.4 Å². The molecule has 10 heteroatoms. The van der Waals surface area contributed by atoms with Crippen molar-refractivity contribution in [1.82, 2.24) is 14.5 Å². The molecule has 164 valence electrons. The van der Waals surface area contributed by atoms with Crippen LogP contribution in [0.3, 0.4) is 0 Å². The highest BCUT2D eigenvalue weighted by molar-refractivity contribution is 7.10. The number of rotatable bonds is 9. The van der Waals surface area contributed by atoms with Gasteiger partial charge in [-0.2, -0.15) is 0 Å². The van der Waals surface area contributed by atoms with Crippen molar-refractivity contribution in [1.29, 1.82) is 0 Å². The van der Waals surface area contributed by atoms with Crippen LogP contribution in [0.1, 0.15) is 30.2 Å². The molecule has 2 aromatic rings. The van der Waals surface area contributed by atoms with E-state index in [0.717, 1.165) is 25.8 Å². The van der Waals surface area contributed by atoms with Crippen molar-refractivity contribution in [3.8, 4) is 0 Å². The van der Waals surface area contributed by atoms with Crippen molar-refractivity contribution in [2.75, 3.05) is 44.0 Å². The number of carbonyl (C=O) groups excluding carboxylic acids is 1. The maximum Gasteiger partial charge on any atom is 0.330 e. The molecule has 0 saturated heterocycles. The highest BCUT2D eigenvalue weighted by Gasteiger charge is 2.27. The third-order valence-corrected chi connectivity index (χ3v) is 6.31. The van der Waals surface area contributed by atoms with Gasteiger partial charge in [0.1, 0.15) is 5.82 Å². The Morgan fingerprint density at radius 3 is 2.93 bits per heavy atom. The molecule has 1 aliphatic rings. The van der Waals surface area contributed by atoms with Crippen LogP contribution in [-0.4, -0.2) is 53.7 Å². The number of hydrogen-bond donors (Lipinski definition) is 2. The molecule has 0 unspecified atom stereocenters. The maximum absolute atomic E-state index is 13.2. The predicted octanol–water partition coefficient (Wildman–Crippen LogP) is 1.02. The molecule has 2 aromatic heterocycles. The van der Waals surface area contributed by atoms with E-state index in [-0.39, 0.29) is 37.1 Å². The average Bonchev–Trinajstić information content (AvgIpc) is 3.18. The van der Waals surface area contributed by atoms with Crippen LogP contribution < -0.4 is 21.9 Å². The number of nitrogens with one attached hydrogen (secondary N) is 1. The van der Waals surface area contributed by atoms with Crippen LogP contribution in [0.2, 0.25) is 0 Å². The number of nitrogen functional groups attached to an aromatic ring is 1. The van der Waals surface area contributed by atoms with Crippen LogP contribution in [0, 0.1) is 0 Å². The van der Waals surface area contributed by atoms with E-state index in [4.69, 9.17) is 10.5 Å². The minimum atomic E-state index is -0.659. The van der Waals surface area contributed by atoms with Crippen LogP contribution in [-0.2, 0) is 29.0 Å². The lowest BCUT2D eigenvalue weighted by Gasteiger charge is -2.30. The van der Waals surface area contributed by atoms with Gasteiger partial charge in [-0.25, -0.2) is 4.79 Å². The summed E-state index contributed by atoms with van der Waals surface area (Å²) in [5.41, 5.74) is 6.25. The number of thiophene rings is 1. The zero-order valence-corrected chi connectivity index (χ0v) is 18.3. The summed E-state index contributed by atoms with van der Waals surface area (Å²) in [7, 11) is 1.53. The first kappa shape index (κ1) is 22.3. The smallest absolute Gasteiger partial charge is 0.330 e. The number of methoxy groups -OCH3 is 1. The summed E-state index contributed by atoms with van der Waals surface area (Å²) in [6, 6.07) is 2.09. The highest BCUT2D eigenvalue weighted by Crippen LogP contribution is 2.24. The predicted molar refractivity (Wildman–Crippen MR) is 118 cm³/mol. The zero-order valence-electron chi connectivity index (χ0n) is 17.5. The number of fused-ring (bicyclic) bond motifs is 1. The summed E-state index contributed by atoms with van der Waals surface area (Å²) in [5, 5.41) is 2.07. The van der Waals surface area contributed by atoms with E-state index in [1.165, 1.54) is 27.0 Å². The van der Waals surface area contributed by atoms with E-state index in [2.05, 4.69) is 21.3 Å². The van der Waals surface area contributed by atoms with Crippen LogP contribution >= 0.6 is 11.3 Å². The molecule has 1 amide bonds. The number of hydrogen-bond acceptors (Lipinski definition) is 7. The largest absolute Gasteiger partial charge is 0.383 e. The first-order chi connectivity index (χ1) is 14.5. The molecule has 0 radical (unpaired) electrons. The Kier molecular flexibility index (Phi) is 7.46. The van der Waals surface area contributed by atoms with Crippen LogP contribution in [0.25, 0.3) is 0 Å². The summed E-state index contributed by atoms with van der Waals surface area (Å²) in [6.45, 7) is 4.43. The molecule has 3 N–H and O–H groups in total. The van der Waals surface area contributed by atoms with Crippen molar-refractivity contribution in [2.24, 2.45) is 0 Å². The Bertz CT molecular complexity index is 996. The standard InChI is InChI=1S/C20H29N5O4S/c1-3-4-7-25-18(21)17(19(27)22-20(25)28)24(9-10-29-2)16(26)13-23-8-5-15-14(12-23)6-11-30-15/h6,11H,3-5,7-10,12-13,21H2,1-2H3,(H,22,27,28). The van der Waals surface area contributed by atoms with Gasteiger partial charge in [0, 0.05) is 38.2 Å². The first-order valence-electron chi connectivity index (χ1n) is 10.2. The summed E-state index contributed by atoms with van der Waals surface area (Å²) >= 11 is 1.74. The Labute approximate surface area is 179 Å². The summed E-state index contributed by atoms with van der Waals surface area (Å²) in [4.78, 5) is 45.1. The van der Waals surface area contributed by atoms with Gasteiger partial charge in [0.25, 0.3) is 5.56 Å². The molecular formula is C20H29N5O4S. The van der Waals surface area contributed by atoms with Gasteiger partial charge >= 0.3 is 5.69 Å². The van der Waals surface area contributed by atoms with Gasteiger partial charge in [-0.3, -0.25) is 24.0 Å². The van der Waals surface area contributed by atoms with Gasteiger partial charge in [-0.15, -0.1) is 11.3 Å². The average molecular weight is 436 g/mol. The molecule has 9 nitrogen and oxygen atoms in total. The van der Waals surface area contributed by atoms with E-state index in [1.807, 2.05) is 6.92 Å². The van der Waals surface area contributed by atoms with E-state index in [9.17, 15) is 14.4 Å². The second-order valence-corrected chi connectivity index (χ2v) is 8.37. The van der Waals surface area contributed by atoms with Crippen molar-refractivity contribution < 1.29 is 9.53 Å². The molecule has 0 aromatic carbocycles. The van der Waals surface area contributed by atoms with Crippen molar-refractivity contribution in [2.45, 2.75) is 39.3 Å². The Morgan fingerprint density at radius 1 is 1.40 bits per heavy atom. The quantitative estimate of drug-likeness (QED) is 0.608. The second-order valence-electron chi connectivity index (χ2n) is 7.37. The molecule has 3 rings (SSSR count). The third kappa shape index (κ3) is 4.82. The Hall–Kier alpha value is -2.43. The minimum Gasteiger partial charge on any atom is -0.383 e. The SMILES string of the molecule is CCCCn1c(N)c(N(CCOC)C(=O)CN2CCc3sccc3C2)c(=O)[nH]c1=O. The second kappa shape index (κ2) is 10.1. The number of aromatic nitrogens is 2. The number of H-pyrrole nitrogens is 1. The number of carbonyl (C=O) groups is 1. The number of nitrogens with two attached hydrogens (primary N) is 1. The van der Waals surface area contributed by atoms with E-state index in [0.29, 0.717) is 13.1 Å². The number of amides is 1. The van der Waals surface area contributed by atoms with Crippen LogP contribution in [0.4, 0.5) is 11.5 Å². The Morgan fingerprint density at radius 2 is 2.20 bits per heavy atom. The fourth-order valence-electron chi connectivity index (χ4n) is 3.64. The van der Waals surface area contributed by atoms with Gasteiger partial charge in [0.05, 0.1) is 13.2 Å².